The maximum atomic E-state index is 5.35. The van der Waals surface area contributed by atoms with Crippen molar-refractivity contribution in [1.82, 2.24) is 10.7 Å². The third kappa shape index (κ3) is 4.31. The first-order valence-electron chi connectivity index (χ1n) is 4.94. The number of nitrogens with zero attached hydrogens (tertiary/aromatic N) is 1. The van der Waals surface area contributed by atoms with Crippen molar-refractivity contribution in [2.75, 3.05) is 0 Å². The van der Waals surface area contributed by atoms with Crippen molar-refractivity contribution < 1.29 is 0 Å². The average Bonchev–Trinajstić information content (AvgIpc) is 2.58. The Morgan fingerprint density at radius 3 is 2.73 bits per heavy atom. The summed E-state index contributed by atoms with van der Waals surface area (Å²) in [7, 11) is 0. The van der Waals surface area contributed by atoms with Gasteiger partial charge in [-0.3, -0.25) is 5.43 Å². The first kappa shape index (κ1) is 12.0. The highest BCUT2D eigenvalue weighted by molar-refractivity contribution is 7.11. The minimum absolute atomic E-state index is 0.324. The average molecular weight is 226 g/mol. The molecular weight excluding hydrogens is 208 g/mol. The van der Waals surface area contributed by atoms with E-state index in [9.17, 15) is 0 Å². The van der Waals surface area contributed by atoms with Crippen molar-refractivity contribution in [2.45, 2.75) is 33.4 Å². The molecule has 0 amide bonds. The fraction of sp³-hybridized carbons (Fsp3) is 0.500. The highest BCUT2D eigenvalue weighted by Gasteiger charge is 1.99. The van der Waals surface area contributed by atoms with Crippen LogP contribution in [0.5, 0.6) is 0 Å². The van der Waals surface area contributed by atoms with Crippen molar-refractivity contribution in [3.8, 4) is 0 Å². The molecule has 0 atom stereocenters. The van der Waals surface area contributed by atoms with Crippen molar-refractivity contribution >= 4 is 17.3 Å². The molecule has 15 heavy (non-hydrogen) atoms. The van der Waals surface area contributed by atoms with Crippen molar-refractivity contribution in [3.05, 3.63) is 21.9 Å². The molecule has 1 aromatic heterocycles. The van der Waals surface area contributed by atoms with Crippen LogP contribution in [-0.4, -0.2) is 12.0 Å². The number of aryl methyl sites for hydroxylation is 1. The lowest BCUT2D eigenvalue weighted by Gasteiger charge is -2.11. The Hall–Kier alpha value is -1.07. The molecule has 0 aliphatic carbocycles. The quantitative estimate of drug-likeness (QED) is 0.316. The van der Waals surface area contributed by atoms with Gasteiger partial charge in [-0.2, -0.15) is 0 Å². The molecule has 0 radical (unpaired) electrons. The van der Waals surface area contributed by atoms with E-state index in [1.165, 1.54) is 9.75 Å². The van der Waals surface area contributed by atoms with Crippen LogP contribution in [0.25, 0.3) is 0 Å². The van der Waals surface area contributed by atoms with Gasteiger partial charge in [0.15, 0.2) is 0 Å². The van der Waals surface area contributed by atoms with Gasteiger partial charge in [0.1, 0.15) is 0 Å². The van der Waals surface area contributed by atoms with Crippen molar-refractivity contribution in [1.29, 1.82) is 0 Å². The Labute approximate surface area is 94.6 Å². The summed E-state index contributed by atoms with van der Waals surface area (Å²) in [4.78, 5) is 6.89. The van der Waals surface area contributed by atoms with E-state index in [0.717, 1.165) is 0 Å². The van der Waals surface area contributed by atoms with E-state index in [2.05, 4.69) is 34.8 Å². The van der Waals surface area contributed by atoms with E-state index in [4.69, 9.17) is 5.84 Å². The molecule has 1 aromatic rings. The molecule has 0 saturated heterocycles. The molecule has 0 unspecified atom stereocenters. The summed E-state index contributed by atoms with van der Waals surface area (Å²) in [6.07, 6.45) is 0. The molecule has 0 spiro atoms. The number of nitrogens with two attached hydrogens (primary N) is 1. The van der Waals surface area contributed by atoms with E-state index in [-0.39, 0.29) is 0 Å². The van der Waals surface area contributed by atoms with Crippen LogP contribution >= 0.6 is 11.3 Å². The summed E-state index contributed by atoms with van der Waals surface area (Å²) in [5, 5.41) is 3.13. The molecule has 1 heterocycles. The topological polar surface area (TPSA) is 62.4 Å². The van der Waals surface area contributed by atoms with Crippen LogP contribution in [0.1, 0.15) is 23.6 Å². The predicted octanol–water partition coefficient (Wildman–Crippen LogP) is 1.37. The molecular formula is C10H18N4S. The monoisotopic (exact) mass is 226 g/mol. The summed E-state index contributed by atoms with van der Waals surface area (Å²) < 4.78 is 0. The molecule has 5 heteroatoms. The smallest absolute Gasteiger partial charge is 0.206 e. The van der Waals surface area contributed by atoms with Gasteiger partial charge >= 0.3 is 0 Å². The molecule has 0 fully saturated rings. The zero-order valence-electron chi connectivity index (χ0n) is 9.37. The van der Waals surface area contributed by atoms with Crippen LogP contribution in [0, 0.1) is 6.92 Å². The standard InChI is InChI=1S/C10H18N4S/c1-7(2)13-10(14-11)12-6-9-5-4-8(3)15-9/h4-5,7H,6,11H2,1-3H3,(H2,12,13,14). The Morgan fingerprint density at radius 2 is 2.27 bits per heavy atom. The number of guanidine groups is 1. The predicted molar refractivity (Wildman–Crippen MR) is 65.8 cm³/mol. The fourth-order valence-electron chi connectivity index (χ4n) is 1.13. The van der Waals surface area contributed by atoms with E-state index in [0.29, 0.717) is 18.5 Å². The fourth-order valence-corrected chi connectivity index (χ4v) is 1.95. The highest BCUT2D eigenvalue weighted by Crippen LogP contribution is 2.15. The molecule has 0 aromatic carbocycles. The third-order valence-corrected chi connectivity index (χ3v) is 2.74. The second kappa shape index (κ2) is 5.72. The minimum Gasteiger partial charge on any atom is -0.353 e. The molecule has 0 saturated carbocycles. The van der Waals surface area contributed by atoms with Gasteiger partial charge in [-0.15, -0.1) is 11.3 Å². The van der Waals surface area contributed by atoms with Crippen LogP contribution in [0.3, 0.4) is 0 Å². The van der Waals surface area contributed by atoms with Gasteiger partial charge < -0.3 is 5.32 Å². The first-order chi connectivity index (χ1) is 7.11. The Bertz CT molecular complexity index is 330. The number of hydrogen-bond acceptors (Lipinski definition) is 3. The summed E-state index contributed by atoms with van der Waals surface area (Å²) in [6.45, 7) is 6.84. The lowest BCUT2D eigenvalue weighted by atomic mass is 10.4. The summed E-state index contributed by atoms with van der Waals surface area (Å²) in [5.41, 5.74) is 2.55. The number of nitrogens with one attached hydrogen (secondary N) is 2. The molecule has 4 N–H and O–H groups in total. The van der Waals surface area contributed by atoms with Gasteiger partial charge in [0.25, 0.3) is 0 Å². The molecule has 4 nitrogen and oxygen atoms in total. The van der Waals surface area contributed by atoms with Crippen LogP contribution < -0.4 is 16.6 Å². The largest absolute Gasteiger partial charge is 0.353 e. The Balaban J connectivity index is 2.54. The van der Waals surface area contributed by atoms with Gasteiger partial charge in [0.05, 0.1) is 6.54 Å². The van der Waals surface area contributed by atoms with E-state index >= 15 is 0 Å². The van der Waals surface area contributed by atoms with Crippen molar-refractivity contribution in [3.63, 3.8) is 0 Å². The number of hydrogen-bond donors (Lipinski definition) is 3. The normalized spacial score (nSPS) is 11.9. The van der Waals surface area contributed by atoms with Crippen molar-refractivity contribution in [2.24, 2.45) is 10.8 Å². The van der Waals surface area contributed by atoms with Crippen LogP contribution in [0.15, 0.2) is 17.1 Å². The Kier molecular flexibility index (Phi) is 4.58. The van der Waals surface area contributed by atoms with Gasteiger partial charge in [-0.25, -0.2) is 10.8 Å². The summed E-state index contributed by atoms with van der Waals surface area (Å²) in [5.74, 6) is 5.99. The highest BCUT2D eigenvalue weighted by atomic mass is 32.1. The van der Waals surface area contributed by atoms with Gasteiger partial charge in [-0.05, 0) is 32.9 Å². The third-order valence-electron chi connectivity index (χ3n) is 1.75. The zero-order chi connectivity index (χ0) is 11.3. The van der Waals surface area contributed by atoms with E-state index in [1.54, 1.807) is 11.3 Å². The maximum absolute atomic E-state index is 5.35. The van der Waals surface area contributed by atoms with Gasteiger partial charge in [0, 0.05) is 15.8 Å². The summed E-state index contributed by atoms with van der Waals surface area (Å²) in [6, 6.07) is 4.51. The number of hydrazine groups is 1. The zero-order valence-corrected chi connectivity index (χ0v) is 10.2. The van der Waals surface area contributed by atoms with Crippen LogP contribution in [0.2, 0.25) is 0 Å². The lowest BCUT2D eigenvalue weighted by molar-refractivity contribution is 0.702. The lowest BCUT2D eigenvalue weighted by Crippen LogP contribution is -2.44. The second-order valence-corrected chi connectivity index (χ2v) is 4.99. The van der Waals surface area contributed by atoms with E-state index < -0.39 is 0 Å². The van der Waals surface area contributed by atoms with Crippen LogP contribution in [-0.2, 0) is 6.54 Å². The van der Waals surface area contributed by atoms with Gasteiger partial charge in [-0.1, -0.05) is 0 Å². The number of aliphatic imine (C=N–C) groups is 1. The maximum Gasteiger partial charge on any atom is 0.206 e. The summed E-state index contributed by atoms with van der Waals surface area (Å²) >= 11 is 1.76. The molecule has 1 rings (SSSR count). The number of rotatable bonds is 3. The molecule has 0 aliphatic rings. The minimum atomic E-state index is 0.324. The number of thiophene rings is 1. The van der Waals surface area contributed by atoms with Gasteiger partial charge in [0.2, 0.25) is 5.96 Å². The van der Waals surface area contributed by atoms with Crippen LogP contribution in [0.4, 0.5) is 0 Å². The molecule has 0 bridgehead atoms. The second-order valence-electron chi connectivity index (χ2n) is 3.62. The first-order valence-corrected chi connectivity index (χ1v) is 5.76. The Morgan fingerprint density at radius 1 is 1.53 bits per heavy atom. The molecule has 84 valence electrons. The van der Waals surface area contributed by atoms with E-state index in [1.807, 2.05) is 13.8 Å². The molecule has 0 aliphatic heterocycles. The SMILES string of the molecule is Cc1ccc(CN=C(NN)NC(C)C)s1.